The number of carbonyl (C=O) groups is 1. The van der Waals surface area contributed by atoms with Crippen molar-refractivity contribution in [3.63, 3.8) is 0 Å². The van der Waals surface area contributed by atoms with Crippen LogP contribution >= 0.6 is 0 Å². The lowest BCUT2D eigenvalue weighted by Gasteiger charge is -2.20. The molecule has 6 nitrogen and oxygen atoms in total. The Morgan fingerprint density at radius 3 is 2.00 bits per heavy atom. The van der Waals surface area contributed by atoms with Crippen molar-refractivity contribution < 1.29 is 17.9 Å². The molecular formula is C25H28N2O4S. The van der Waals surface area contributed by atoms with Crippen LogP contribution in [-0.2, 0) is 20.2 Å². The maximum atomic E-state index is 12.5. The first-order chi connectivity index (χ1) is 15.0. The number of anilines is 2. The van der Waals surface area contributed by atoms with Gasteiger partial charge in [-0.15, -0.1) is 0 Å². The van der Waals surface area contributed by atoms with E-state index in [2.05, 4.69) is 30.8 Å². The number of nitrogens with one attached hydrogen (secondary N) is 2. The Morgan fingerprint density at radius 2 is 1.44 bits per heavy atom. The van der Waals surface area contributed by atoms with Gasteiger partial charge in [0.05, 0.1) is 4.90 Å². The molecule has 168 valence electrons. The van der Waals surface area contributed by atoms with Gasteiger partial charge in [0.25, 0.3) is 15.9 Å². The topological polar surface area (TPSA) is 84.5 Å². The largest absolute Gasteiger partial charge is 0.481 e. The van der Waals surface area contributed by atoms with E-state index in [9.17, 15) is 13.2 Å². The van der Waals surface area contributed by atoms with E-state index >= 15 is 0 Å². The highest BCUT2D eigenvalue weighted by Crippen LogP contribution is 2.25. The van der Waals surface area contributed by atoms with E-state index in [4.69, 9.17) is 4.74 Å². The van der Waals surface area contributed by atoms with Crippen LogP contribution < -0.4 is 14.8 Å². The number of hydrogen-bond acceptors (Lipinski definition) is 4. The van der Waals surface area contributed by atoms with E-state index in [-0.39, 0.29) is 16.2 Å². The van der Waals surface area contributed by atoms with Gasteiger partial charge in [0, 0.05) is 11.4 Å². The smallest absolute Gasteiger partial charge is 0.265 e. The number of benzene rings is 3. The van der Waals surface area contributed by atoms with Crippen molar-refractivity contribution in [2.24, 2.45) is 0 Å². The summed E-state index contributed by atoms with van der Waals surface area (Å²) in [5, 5.41) is 2.75. The van der Waals surface area contributed by atoms with Crippen molar-refractivity contribution >= 4 is 27.3 Å². The molecule has 0 radical (unpaired) electrons. The van der Waals surface area contributed by atoms with Gasteiger partial charge in [-0.05, 0) is 66.4 Å². The highest BCUT2D eigenvalue weighted by atomic mass is 32.2. The zero-order valence-electron chi connectivity index (χ0n) is 18.6. The summed E-state index contributed by atoms with van der Waals surface area (Å²) < 4.78 is 33.3. The highest BCUT2D eigenvalue weighted by Gasteiger charge is 2.18. The minimum Gasteiger partial charge on any atom is -0.481 e. The summed E-state index contributed by atoms with van der Waals surface area (Å²) in [6, 6.07) is 22.3. The molecular weight excluding hydrogens is 424 g/mol. The third-order valence-electron chi connectivity index (χ3n) is 4.86. The fourth-order valence-corrected chi connectivity index (χ4v) is 4.03. The fraction of sp³-hybridized carbons (Fsp3) is 0.240. The standard InChI is InChI=1S/C25H28N2O4S/c1-18(31-22-14-10-19(11-15-22)25(2,3)4)24(28)26-20-12-16-23(17-13-20)32(29,30)27-21-8-6-5-7-9-21/h5-18,27H,1-4H3,(H,26,28)/t18-/m1/s1. The van der Waals surface area contributed by atoms with Gasteiger partial charge in [0.15, 0.2) is 6.10 Å². The second-order valence-electron chi connectivity index (χ2n) is 8.52. The van der Waals surface area contributed by atoms with Gasteiger partial charge in [-0.3, -0.25) is 9.52 Å². The van der Waals surface area contributed by atoms with Crippen LogP contribution in [0.15, 0.2) is 83.8 Å². The van der Waals surface area contributed by atoms with Crippen molar-refractivity contribution in [3.05, 3.63) is 84.4 Å². The van der Waals surface area contributed by atoms with Crippen LogP contribution in [0.25, 0.3) is 0 Å². The Bertz CT molecular complexity index is 1150. The number of sulfonamides is 1. The Kier molecular flexibility index (Phi) is 6.89. The molecule has 0 aliphatic rings. The molecule has 0 saturated heterocycles. The molecule has 0 heterocycles. The molecule has 0 unspecified atom stereocenters. The lowest BCUT2D eigenvalue weighted by molar-refractivity contribution is -0.122. The summed E-state index contributed by atoms with van der Waals surface area (Å²) in [7, 11) is -3.72. The first-order valence-electron chi connectivity index (χ1n) is 10.3. The first-order valence-corrected chi connectivity index (χ1v) is 11.8. The van der Waals surface area contributed by atoms with E-state index in [1.807, 2.05) is 24.3 Å². The monoisotopic (exact) mass is 452 g/mol. The van der Waals surface area contributed by atoms with Crippen molar-refractivity contribution in [2.75, 3.05) is 10.0 Å². The maximum Gasteiger partial charge on any atom is 0.265 e. The van der Waals surface area contributed by atoms with Crippen LogP contribution in [0.4, 0.5) is 11.4 Å². The second-order valence-corrected chi connectivity index (χ2v) is 10.2. The SMILES string of the molecule is C[C@@H](Oc1ccc(C(C)(C)C)cc1)C(=O)Nc1ccc(S(=O)(=O)Nc2ccccc2)cc1. The lowest BCUT2D eigenvalue weighted by Crippen LogP contribution is -2.30. The van der Waals surface area contributed by atoms with Crippen molar-refractivity contribution in [1.29, 1.82) is 0 Å². The Balaban J connectivity index is 1.60. The maximum absolute atomic E-state index is 12.5. The van der Waals surface area contributed by atoms with Gasteiger partial charge in [0.1, 0.15) is 5.75 Å². The Hall–Kier alpha value is -3.32. The zero-order valence-corrected chi connectivity index (χ0v) is 19.4. The van der Waals surface area contributed by atoms with Gasteiger partial charge in [-0.25, -0.2) is 8.42 Å². The summed E-state index contributed by atoms with van der Waals surface area (Å²) in [5.74, 6) is 0.275. The molecule has 3 aromatic rings. The van der Waals surface area contributed by atoms with Gasteiger partial charge >= 0.3 is 0 Å². The van der Waals surface area contributed by atoms with Gasteiger partial charge in [-0.1, -0.05) is 51.1 Å². The third kappa shape index (κ3) is 6.11. The molecule has 2 N–H and O–H groups in total. The Morgan fingerprint density at radius 1 is 0.844 bits per heavy atom. The summed E-state index contributed by atoms with van der Waals surface area (Å²) in [5.41, 5.74) is 2.18. The normalized spacial score (nSPS) is 12.6. The van der Waals surface area contributed by atoms with Crippen LogP contribution in [0.1, 0.15) is 33.3 Å². The van der Waals surface area contributed by atoms with Crippen molar-refractivity contribution in [3.8, 4) is 5.75 Å². The molecule has 1 atom stereocenters. The molecule has 0 bridgehead atoms. The lowest BCUT2D eigenvalue weighted by atomic mass is 9.87. The fourth-order valence-electron chi connectivity index (χ4n) is 2.97. The zero-order chi connectivity index (χ0) is 23.4. The molecule has 0 spiro atoms. The van der Waals surface area contributed by atoms with Crippen molar-refractivity contribution in [2.45, 2.75) is 44.1 Å². The molecule has 0 aliphatic carbocycles. The molecule has 0 fully saturated rings. The summed E-state index contributed by atoms with van der Waals surface area (Å²) in [6.45, 7) is 8.06. The number of hydrogen-bond donors (Lipinski definition) is 2. The predicted octanol–water partition coefficient (Wildman–Crippen LogP) is 5.19. The minimum absolute atomic E-state index is 0.0395. The minimum atomic E-state index is -3.72. The van der Waals surface area contributed by atoms with E-state index in [0.717, 1.165) is 0 Å². The predicted molar refractivity (Wildman–Crippen MR) is 128 cm³/mol. The third-order valence-corrected chi connectivity index (χ3v) is 6.26. The molecule has 7 heteroatoms. The number of ether oxygens (including phenoxy) is 1. The van der Waals surface area contributed by atoms with Crippen LogP contribution in [-0.4, -0.2) is 20.4 Å². The molecule has 3 aromatic carbocycles. The van der Waals surface area contributed by atoms with Crippen molar-refractivity contribution in [1.82, 2.24) is 0 Å². The van der Waals surface area contributed by atoms with Gasteiger partial charge < -0.3 is 10.1 Å². The molecule has 3 rings (SSSR count). The van der Waals surface area contributed by atoms with E-state index < -0.39 is 16.1 Å². The highest BCUT2D eigenvalue weighted by molar-refractivity contribution is 7.92. The molecule has 0 aliphatic heterocycles. The average Bonchev–Trinajstić information content (AvgIpc) is 2.74. The van der Waals surface area contributed by atoms with E-state index in [0.29, 0.717) is 17.1 Å². The molecule has 0 aromatic heterocycles. The van der Waals surface area contributed by atoms with Crippen LogP contribution in [0, 0.1) is 0 Å². The summed E-state index contributed by atoms with van der Waals surface area (Å²) >= 11 is 0. The second kappa shape index (κ2) is 9.44. The Labute approximate surface area is 189 Å². The first kappa shape index (κ1) is 23.3. The van der Waals surface area contributed by atoms with Gasteiger partial charge in [0.2, 0.25) is 0 Å². The summed E-state index contributed by atoms with van der Waals surface area (Å²) in [4.78, 5) is 12.6. The molecule has 1 amide bonds. The molecule has 0 saturated carbocycles. The number of carbonyl (C=O) groups excluding carboxylic acids is 1. The quantitative estimate of drug-likeness (QED) is 0.517. The number of amides is 1. The number of para-hydroxylation sites is 1. The van der Waals surface area contributed by atoms with E-state index in [1.54, 1.807) is 49.4 Å². The van der Waals surface area contributed by atoms with Crippen LogP contribution in [0.2, 0.25) is 0 Å². The van der Waals surface area contributed by atoms with E-state index in [1.165, 1.54) is 17.7 Å². The van der Waals surface area contributed by atoms with Crippen LogP contribution in [0.5, 0.6) is 5.75 Å². The molecule has 32 heavy (non-hydrogen) atoms. The van der Waals surface area contributed by atoms with Crippen LogP contribution in [0.3, 0.4) is 0 Å². The average molecular weight is 453 g/mol. The van der Waals surface area contributed by atoms with Gasteiger partial charge in [-0.2, -0.15) is 0 Å². The summed E-state index contributed by atoms with van der Waals surface area (Å²) in [6.07, 6.45) is -0.723. The number of rotatable bonds is 7.